The van der Waals surface area contributed by atoms with Crippen LogP contribution in [-0.4, -0.2) is 31.5 Å². The normalized spacial score (nSPS) is 47.8. The van der Waals surface area contributed by atoms with Gasteiger partial charge in [-0.25, -0.2) is 0 Å². The smallest absolute Gasteiger partial charge is 0.159 e. The van der Waals surface area contributed by atoms with Crippen LogP contribution in [-0.2, 0) is 11.3 Å². The Morgan fingerprint density at radius 2 is 1.75 bits per heavy atom. The highest BCUT2D eigenvalue weighted by atomic mass is 16.3. The first-order valence-corrected chi connectivity index (χ1v) is 11.5. The van der Waals surface area contributed by atoms with Crippen LogP contribution in [0.25, 0.3) is 0 Å². The molecule has 8 atom stereocenters. The van der Waals surface area contributed by atoms with Crippen LogP contribution < -0.4 is 0 Å². The summed E-state index contributed by atoms with van der Waals surface area (Å²) in [5.74, 6) is 4.37. The van der Waals surface area contributed by atoms with E-state index in [-0.39, 0.29) is 11.3 Å². The Kier molecular flexibility index (Phi) is 4.46. The minimum absolute atomic E-state index is 0.165. The summed E-state index contributed by atoms with van der Waals surface area (Å²) in [6.07, 6.45) is 13.8. The molecule has 0 amide bonds. The van der Waals surface area contributed by atoms with Crippen LogP contribution in [0, 0.1) is 40.9 Å². The molecule has 0 spiro atoms. The van der Waals surface area contributed by atoms with Gasteiger partial charge in [0.2, 0.25) is 0 Å². The number of rotatable bonds is 3. The molecule has 5 rings (SSSR count). The highest BCUT2D eigenvalue weighted by Gasteiger charge is 2.58. The number of Topliss-reactive ketones (excluding diaryl/α,β-unsaturated/α-hetero) is 1. The van der Waals surface area contributed by atoms with Crippen LogP contribution in [0.3, 0.4) is 0 Å². The molecule has 154 valence electrons. The van der Waals surface area contributed by atoms with E-state index in [2.05, 4.69) is 17.1 Å². The molecule has 1 aromatic heterocycles. The zero-order valence-corrected chi connectivity index (χ0v) is 17.4. The largest absolute Gasteiger partial charge is 0.390 e. The van der Waals surface area contributed by atoms with Crippen molar-refractivity contribution in [2.45, 2.75) is 83.8 Å². The molecule has 5 nitrogen and oxygen atoms in total. The second-order valence-electron chi connectivity index (χ2n) is 10.9. The maximum absolute atomic E-state index is 13.1. The van der Waals surface area contributed by atoms with Crippen molar-refractivity contribution in [3.63, 3.8) is 0 Å². The third-order valence-corrected chi connectivity index (χ3v) is 9.39. The molecule has 4 aliphatic rings. The average molecular weight is 386 g/mol. The Hall–Kier alpha value is -1.23. The summed E-state index contributed by atoms with van der Waals surface area (Å²) in [5, 5.41) is 18.8. The fourth-order valence-corrected chi connectivity index (χ4v) is 8.19. The van der Waals surface area contributed by atoms with Gasteiger partial charge in [-0.1, -0.05) is 6.92 Å². The molecule has 0 aliphatic heterocycles. The quantitative estimate of drug-likeness (QED) is 0.858. The van der Waals surface area contributed by atoms with Crippen LogP contribution in [0.2, 0.25) is 0 Å². The Balaban J connectivity index is 1.32. The highest BCUT2D eigenvalue weighted by Crippen LogP contribution is 2.64. The standard InChI is InChI=1S/C23H35N3O2/c1-22(28)9-7-16-15(13-22)3-4-18-17(16)8-10-23(2)19(18)5-6-20(23)21(27)14-26-24-11-12-25-26/h11-12,15-20,28H,3-10,13-14H2,1-2H3/t15-,16-,17+,18+,19-,20+,22+,23-/m0/s1. The monoisotopic (exact) mass is 385 g/mol. The van der Waals surface area contributed by atoms with Gasteiger partial charge in [0.1, 0.15) is 6.54 Å². The van der Waals surface area contributed by atoms with E-state index in [1.807, 2.05) is 6.92 Å². The molecule has 0 bridgehead atoms. The minimum Gasteiger partial charge on any atom is -0.390 e. The Morgan fingerprint density at radius 1 is 1.00 bits per heavy atom. The van der Waals surface area contributed by atoms with Crippen molar-refractivity contribution in [1.29, 1.82) is 0 Å². The van der Waals surface area contributed by atoms with Gasteiger partial charge in [-0.2, -0.15) is 15.0 Å². The summed E-state index contributed by atoms with van der Waals surface area (Å²) in [4.78, 5) is 14.6. The molecular formula is C23H35N3O2. The van der Waals surface area contributed by atoms with Gasteiger partial charge in [-0.05, 0) is 99.7 Å². The van der Waals surface area contributed by atoms with Crippen LogP contribution in [0.5, 0.6) is 0 Å². The van der Waals surface area contributed by atoms with Gasteiger partial charge >= 0.3 is 0 Å². The van der Waals surface area contributed by atoms with Gasteiger partial charge in [0.05, 0.1) is 18.0 Å². The Bertz CT molecular complexity index is 730. The van der Waals surface area contributed by atoms with Gasteiger partial charge in [0, 0.05) is 5.92 Å². The van der Waals surface area contributed by atoms with Gasteiger partial charge in [0.25, 0.3) is 0 Å². The molecule has 0 unspecified atom stereocenters. The minimum atomic E-state index is -0.442. The number of nitrogens with zero attached hydrogens (tertiary/aromatic N) is 3. The molecule has 1 heterocycles. The van der Waals surface area contributed by atoms with Crippen molar-refractivity contribution in [3.8, 4) is 0 Å². The summed E-state index contributed by atoms with van der Waals surface area (Å²) in [6, 6.07) is 0. The lowest BCUT2D eigenvalue weighted by atomic mass is 9.49. The van der Waals surface area contributed by atoms with Crippen molar-refractivity contribution < 1.29 is 9.90 Å². The first-order chi connectivity index (χ1) is 13.4. The molecule has 0 aromatic carbocycles. The van der Waals surface area contributed by atoms with Crippen LogP contribution in [0.4, 0.5) is 0 Å². The highest BCUT2D eigenvalue weighted by molar-refractivity contribution is 5.81. The number of hydrogen-bond donors (Lipinski definition) is 1. The molecule has 0 saturated heterocycles. The van der Waals surface area contributed by atoms with Gasteiger partial charge in [0.15, 0.2) is 5.78 Å². The van der Waals surface area contributed by atoms with Crippen molar-refractivity contribution in [1.82, 2.24) is 15.0 Å². The van der Waals surface area contributed by atoms with E-state index in [0.29, 0.717) is 18.2 Å². The molecule has 0 radical (unpaired) electrons. The zero-order chi connectivity index (χ0) is 19.5. The number of ketones is 1. The first kappa shape index (κ1) is 18.8. The third kappa shape index (κ3) is 2.96. The lowest BCUT2D eigenvalue weighted by Crippen LogP contribution is -2.51. The van der Waals surface area contributed by atoms with E-state index >= 15 is 0 Å². The second kappa shape index (κ2) is 6.65. The van der Waals surface area contributed by atoms with Crippen LogP contribution >= 0.6 is 0 Å². The molecule has 1 N–H and O–H groups in total. The van der Waals surface area contributed by atoms with Crippen molar-refractivity contribution in [3.05, 3.63) is 12.4 Å². The Labute approximate surface area is 168 Å². The van der Waals surface area contributed by atoms with Crippen molar-refractivity contribution in [2.24, 2.45) is 40.9 Å². The molecular weight excluding hydrogens is 350 g/mol. The topological polar surface area (TPSA) is 68.0 Å². The van der Waals surface area contributed by atoms with Crippen molar-refractivity contribution in [2.75, 3.05) is 0 Å². The maximum atomic E-state index is 13.1. The SMILES string of the molecule is C[C@@]1(O)CC[C@H]2[C@@H](CC[C@@H]3[C@@H]2CC[C@]2(C)[C@@H](C(=O)Cn4nccn4)CC[C@@H]32)C1. The van der Waals surface area contributed by atoms with Gasteiger partial charge < -0.3 is 5.11 Å². The maximum Gasteiger partial charge on any atom is 0.159 e. The predicted octanol–water partition coefficient (Wildman–Crippen LogP) is 3.87. The van der Waals surface area contributed by atoms with E-state index in [0.717, 1.165) is 42.9 Å². The van der Waals surface area contributed by atoms with E-state index in [4.69, 9.17) is 0 Å². The Morgan fingerprint density at radius 3 is 2.54 bits per heavy atom. The molecule has 4 aliphatic carbocycles. The molecule has 4 fully saturated rings. The number of carbonyl (C=O) groups excluding carboxylic acids is 1. The van der Waals surface area contributed by atoms with Gasteiger partial charge in [-0.15, -0.1) is 0 Å². The summed E-state index contributed by atoms with van der Waals surface area (Å²) >= 11 is 0. The van der Waals surface area contributed by atoms with Gasteiger partial charge in [-0.3, -0.25) is 4.79 Å². The predicted molar refractivity (Wildman–Crippen MR) is 106 cm³/mol. The fourth-order valence-electron chi connectivity index (χ4n) is 8.19. The summed E-state index contributed by atoms with van der Waals surface area (Å²) in [6.45, 7) is 4.78. The average Bonchev–Trinajstić information content (AvgIpc) is 3.27. The third-order valence-electron chi connectivity index (χ3n) is 9.39. The van der Waals surface area contributed by atoms with Crippen molar-refractivity contribution >= 4 is 5.78 Å². The summed E-state index contributed by atoms with van der Waals surface area (Å²) in [7, 11) is 0. The van der Waals surface area contributed by atoms with E-state index < -0.39 is 5.60 Å². The van der Waals surface area contributed by atoms with E-state index in [1.54, 1.807) is 17.2 Å². The lowest BCUT2D eigenvalue weighted by Gasteiger charge is -2.56. The lowest BCUT2D eigenvalue weighted by molar-refractivity contribution is -0.133. The molecule has 1 aromatic rings. The number of carbonyl (C=O) groups is 1. The number of fused-ring (bicyclic) bond motifs is 5. The molecule has 5 heteroatoms. The number of aliphatic hydroxyl groups is 1. The van der Waals surface area contributed by atoms with E-state index in [1.165, 1.54) is 38.5 Å². The zero-order valence-electron chi connectivity index (χ0n) is 17.4. The molecule has 4 saturated carbocycles. The van der Waals surface area contributed by atoms with E-state index in [9.17, 15) is 9.90 Å². The molecule has 28 heavy (non-hydrogen) atoms. The fraction of sp³-hybridized carbons (Fsp3) is 0.870. The van der Waals surface area contributed by atoms with Crippen LogP contribution in [0.1, 0.15) is 71.6 Å². The van der Waals surface area contributed by atoms with Crippen LogP contribution in [0.15, 0.2) is 12.4 Å². The summed E-state index contributed by atoms with van der Waals surface area (Å²) < 4.78 is 0. The first-order valence-electron chi connectivity index (χ1n) is 11.5. The number of hydrogen-bond acceptors (Lipinski definition) is 4. The summed E-state index contributed by atoms with van der Waals surface area (Å²) in [5.41, 5.74) is -0.277. The second-order valence-corrected chi connectivity index (χ2v) is 10.9. The number of aromatic nitrogens is 3.